The Morgan fingerprint density at radius 2 is 1.68 bits per heavy atom. The zero-order valence-corrected chi connectivity index (χ0v) is 16.9. The van der Waals surface area contributed by atoms with Crippen LogP contribution in [0.25, 0.3) is 0 Å². The number of benzene rings is 2. The summed E-state index contributed by atoms with van der Waals surface area (Å²) in [6, 6.07) is 16.0. The van der Waals surface area contributed by atoms with Crippen LogP contribution in [0.4, 0.5) is 0 Å². The number of rotatable bonds is 4. The molecule has 2 aromatic carbocycles. The Hall–Kier alpha value is -2.14. The Bertz CT molecular complexity index is 937. The highest BCUT2D eigenvalue weighted by Gasteiger charge is 2.36. The lowest BCUT2D eigenvalue weighted by molar-refractivity contribution is 0.0390. The first-order valence-corrected chi connectivity index (χ1v) is 11.9. The topological polar surface area (TPSA) is 54.5 Å². The molecule has 0 spiro atoms. The molecule has 1 heterocycles. The van der Waals surface area contributed by atoms with Crippen LogP contribution in [0, 0.1) is 5.92 Å². The van der Waals surface area contributed by atoms with Gasteiger partial charge >= 0.3 is 0 Å². The Morgan fingerprint density at radius 3 is 2.50 bits per heavy atom. The van der Waals surface area contributed by atoms with Crippen LogP contribution >= 0.6 is 0 Å². The van der Waals surface area contributed by atoms with Gasteiger partial charge in [0.1, 0.15) is 0 Å². The number of sulfone groups is 1. The lowest BCUT2D eigenvalue weighted by Crippen LogP contribution is -2.49. The summed E-state index contributed by atoms with van der Waals surface area (Å²) in [7, 11) is -3.42. The van der Waals surface area contributed by atoms with E-state index in [2.05, 4.69) is 4.90 Å². The van der Waals surface area contributed by atoms with E-state index in [1.165, 1.54) is 25.7 Å². The molecule has 2 aliphatic rings. The van der Waals surface area contributed by atoms with E-state index < -0.39 is 9.84 Å². The SMILES string of the molecule is O=C(c1cccc(CS(=O)(=O)c2ccccc2)c1)N1CCC[C@H]2CCCC[C@H]21. The van der Waals surface area contributed by atoms with Gasteiger partial charge in [-0.25, -0.2) is 8.42 Å². The molecule has 2 atom stereocenters. The largest absolute Gasteiger partial charge is 0.335 e. The van der Waals surface area contributed by atoms with E-state index in [1.54, 1.807) is 48.5 Å². The van der Waals surface area contributed by atoms with Crippen molar-refractivity contribution in [2.24, 2.45) is 5.92 Å². The van der Waals surface area contributed by atoms with Crippen molar-refractivity contribution in [3.05, 3.63) is 65.7 Å². The number of amides is 1. The summed E-state index contributed by atoms with van der Waals surface area (Å²) in [6.07, 6.45) is 7.08. The molecule has 1 saturated carbocycles. The third-order valence-electron chi connectivity index (χ3n) is 6.14. The van der Waals surface area contributed by atoms with Crippen molar-refractivity contribution in [3.63, 3.8) is 0 Å². The molecule has 0 N–H and O–H groups in total. The van der Waals surface area contributed by atoms with E-state index in [4.69, 9.17) is 0 Å². The number of likely N-dealkylation sites (tertiary alicyclic amines) is 1. The Morgan fingerprint density at radius 1 is 0.929 bits per heavy atom. The monoisotopic (exact) mass is 397 g/mol. The molecule has 0 aromatic heterocycles. The van der Waals surface area contributed by atoms with Crippen molar-refractivity contribution >= 4 is 15.7 Å². The second-order valence-corrected chi connectivity index (χ2v) is 10.0. The molecule has 1 aliphatic carbocycles. The van der Waals surface area contributed by atoms with E-state index in [-0.39, 0.29) is 11.7 Å². The van der Waals surface area contributed by atoms with Crippen molar-refractivity contribution in [2.45, 2.75) is 55.2 Å². The molecule has 1 amide bonds. The van der Waals surface area contributed by atoms with E-state index in [1.807, 2.05) is 6.07 Å². The highest BCUT2D eigenvalue weighted by atomic mass is 32.2. The number of carbonyl (C=O) groups is 1. The smallest absolute Gasteiger partial charge is 0.254 e. The van der Waals surface area contributed by atoms with E-state index in [9.17, 15) is 13.2 Å². The van der Waals surface area contributed by atoms with Gasteiger partial charge in [0.2, 0.25) is 0 Å². The number of hydrogen-bond acceptors (Lipinski definition) is 3. The molecule has 5 heteroatoms. The summed E-state index contributed by atoms with van der Waals surface area (Å²) in [5.41, 5.74) is 1.26. The lowest BCUT2D eigenvalue weighted by atomic mass is 9.78. The summed E-state index contributed by atoms with van der Waals surface area (Å²) in [4.78, 5) is 15.6. The molecule has 4 rings (SSSR count). The van der Waals surface area contributed by atoms with Crippen LogP contribution in [0.15, 0.2) is 59.5 Å². The van der Waals surface area contributed by atoms with Crippen molar-refractivity contribution in [1.29, 1.82) is 0 Å². The first-order valence-electron chi connectivity index (χ1n) is 10.2. The average Bonchev–Trinajstić information content (AvgIpc) is 2.73. The maximum Gasteiger partial charge on any atom is 0.254 e. The average molecular weight is 398 g/mol. The molecule has 4 nitrogen and oxygen atoms in total. The minimum absolute atomic E-state index is 0.0514. The Labute approximate surface area is 167 Å². The van der Waals surface area contributed by atoms with Crippen molar-refractivity contribution < 1.29 is 13.2 Å². The number of piperidine rings is 1. The minimum Gasteiger partial charge on any atom is -0.335 e. The minimum atomic E-state index is -3.42. The van der Waals surface area contributed by atoms with Crippen LogP contribution in [-0.2, 0) is 15.6 Å². The van der Waals surface area contributed by atoms with Gasteiger partial charge in [-0.05, 0) is 61.4 Å². The van der Waals surface area contributed by atoms with Gasteiger partial charge in [0.15, 0.2) is 9.84 Å². The van der Waals surface area contributed by atoms with E-state index in [0.29, 0.717) is 28.0 Å². The van der Waals surface area contributed by atoms with Crippen molar-refractivity contribution in [3.8, 4) is 0 Å². The van der Waals surface area contributed by atoms with Crippen LogP contribution in [0.3, 0.4) is 0 Å². The standard InChI is InChI=1S/C23H27NO3S/c25-23(24-15-7-11-19-9-4-5-14-22(19)24)20-10-6-8-18(16-20)17-28(26,27)21-12-2-1-3-13-21/h1-3,6,8,10,12-13,16,19,22H,4-5,7,9,11,14-15,17H2/t19-,22-/m1/s1. The van der Waals surface area contributed by atoms with Gasteiger partial charge in [0, 0.05) is 18.2 Å². The fraction of sp³-hybridized carbons (Fsp3) is 0.435. The summed E-state index contributed by atoms with van der Waals surface area (Å²) in [6.45, 7) is 0.812. The summed E-state index contributed by atoms with van der Waals surface area (Å²) in [5, 5.41) is 0. The van der Waals surface area contributed by atoms with Gasteiger partial charge in [0.25, 0.3) is 5.91 Å². The zero-order valence-electron chi connectivity index (χ0n) is 16.1. The van der Waals surface area contributed by atoms with Crippen molar-refractivity contribution in [2.75, 3.05) is 6.54 Å². The molecule has 0 unspecified atom stereocenters. The first-order chi connectivity index (χ1) is 13.5. The lowest BCUT2D eigenvalue weighted by Gasteiger charge is -2.44. The van der Waals surface area contributed by atoms with Gasteiger partial charge in [-0.1, -0.05) is 43.2 Å². The highest BCUT2D eigenvalue weighted by Crippen LogP contribution is 2.36. The van der Waals surface area contributed by atoms with Crippen LogP contribution < -0.4 is 0 Å². The predicted octanol–water partition coefficient (Wildman–Crippen LogP) is 4.46. The zero-order chi connectivity index (χ0) is 19.6. The summed E-state index contributed by atoms with van der Waals surface area (Å²) >= 11 is 0. The number of fused-ring (bicyclic) bond motifs is 1. The Balaban J connectivity index is 1.54. The maximum atomic E-state index is 13.2. The molecule has 0 radical (unpaired) electrons. The fourth-order valence-electron chi connectivity index (χ4n) is 4.77. The molecular weight excluding hydrogens is 370 g/mol. The second kappa shape index (κ2) is 8.08. The van der Waals surface area contributed by atoms with Crippen LogP contribution in [0.5, 0.6) is 0 Å². The molecule has 1 saturated heterocycles. The van der Waals surface area contributed by atoms with E-state index >= 15 is 0 Å². The highest BCUT2D eigenvalue weighted by molar-refractivity contribution is 7.90. The van der Waals surface area contributed by atoms with Crippen LogP contribution in [0.2, 0.25) is 0 Å². The summed E-state index contributed by atoms with van der Waals surface area (Å²) < 4.78 is 25.4. The van der Waals surface area contributed by atoms with Gasteiger partial charge in [-0.3, -0.25) is 4.79 Å². The van der Waals surface area contributed by atoms with Crippen molar-refractivity contribution in [1.82, 2.24) is 4.90 Å². The van der Waals surface area contributed by atoms with E-state index in [0.717, 1.165) is 19.4 Å². The fourth-order valence-corrected chi connectivity index (χ4v) is 6.12. The van der Waals surface area contributed by atoms with Crippen LogP contribution in [-0.4, -0.2) is 31.8 Å². The second-order valence-electron chi connectivity index (χ2n) is 8.03. The molecular formula is C23H27NO3S. The van der Waals surface area contributed by atoms with Gasteiger partial charge in [-0.15, -0.1) is 0 Å². The molecule has 1 aliphatic heterocycles. The van der Waals surface area contributed by atoms with Crippen LogP contribution in [0.1, 0.15) is 54.4 Å². The molecule has 2 aromatic rings. The van der Waals surface area contributed by atoms with Gasteiger partial charge < -0.3 is 4.90 Å². The quantitative estimate of drug-likeness (QED) is 0.766. The van der Waals surface area contributed by atoms with Gasteiger partial charge in [-0.2, -0.15) is 0 Å². The molecule has 2 fully saturated rings. The maximum absolute atomic E-state index is 13.2. The van der Waals surface area contributed by atoms with Gasteiger partial charge in [0.05, 0.1) is 10.6 Å². The molecule has 28 heavy (non-hydrogen) atoms. The normalized spacial score (nSPS) is 22.5. The molecule has 148 valence electrons. The number of hydrogen-bond donors (Lipinski definition) is 0. The number of carbonyl (C=O) groups excluding carboxylic acids is 1. The molecule has 0 bridgehead atoms. The summed E-state index contributed by atoms with van der Waals surface area (Å²) in [5.74, 6) is 0.591. The first kappa shape index (κ1) is 19.2. The predicted molar refractivity (Wildman–Crippen MR) is 110 cm³/mol. The third-order valence-corrected chi connectivity index (χ3v) is 7.84. The third kappa shape index (κ3) is 4.00. The number of nitrogens with zero attached hydrogens (tertiary/aromatic N) is 1. The Kier molecular flexibility index (Phi) is 5.54.